The zero-order valence-electron chi connectivity index (χ0n) is 18.7. The Balaban J connectivity index is 1.65. The molecule has 0 aliphatic heterocycles. The van der Waals surface area contributed by atoms with Gasteiger partial charge in [-0.25, -0.2) is 4.79 Å². The number of carbonyl (C=O) groups excluding carboxylic acids is 1. The highest BCUT2D eigenvalue weighted by molar-refractivity contribution is 5.98. The number of benzene rings is 3. The van der Waals surface area contributed by atoms with Crippen molar-refractivity contribution in [3.8, 4) is 11.5 Å². The van der Waals surface area contributed by atoms with E-state index in [1.165, 1.54) is 7.11 Å². The minimum absolute atomic E-state index is 0.236. The highest BCUT2D eigenvalue weighted by Gasteiger charge is 2.18. The number of methoxy groups -OCH3 is 1. The van der Waals surface area contributed by atoms with Gasteiger partial charge >= 0.3 is 6.09 Å². The molecule has 0 fully saturated rings. The van der Waals surface area contributed by atoms with Gasteiger partial charge in [0.1, 0.15) is 18.1 Å². The van der Waals surface area contributed by atoms with Crippen LogP contribution >= 0.6 is 0 Å². The summed E-state index contributed by atoms with van der Waals surface area (Å²) in [6.07, 6.45) is 0.419. The van der Waals surface area contributed by atoms with Gasteiger partial charge in [0.05, 0.1) is 18.5 Å². The van der Waals surface area contributed by atoms with Crippen LogP contribution < -0.4 is 9.64 Å². The van der Waals surface area contributed by atoms with Crippen molar-refractivity contribution in [3.63, 3.8) is 0 Å². The molecule has 3 rings (SSSR count). The van der Waals surface area contributed by atoms with E-state index in [-0.39, 0.29) is 6.61 Å². The summed E-state index contributed by atoms with van der Waals surface area (Å²) in [5.74, 6) is 1.54. The fraction of sp³-hybridized carbons (Fsp3) is 0.231. The van der Waals surface area contributed by atoms with Gasteiger partial charge in [-0.05, 0) is 61.4 Å². The third kappa shape index (κ3) is 6.11. The molecule has 1 amide bonds. The van der Waals surface area contributed by atoms with Gasteiger partial charge in [-0.2, -0.15) is 0 Å². The van der Waals surface area contributed by atoms with E-state index in [9.17, 15) is 4.79 Å². The van der Waals surface area contributed by atoms with Crippen molar-refractivity contribution in [2.45, 2.75) is 26.9 Å². The predicted octanol–water partition coefficient (Wildman–Crippen LogP) is 6.40. The number of para-hydroxylation sites is 2. The summed E-state index contributed by atoms with van der Waals surface area (Å²) in [7, 11) is 1.38. The molecule has 0 bridgehead atoms. The summed E-state index contributed by atoms with van der Waals surface area (Å²) < 4.78 is 10.8. The molecular formula is C26H28N2O4. The Labute approximate surface area is 189 Å². The minimum Gasteiger partial charge on any atom is -0.457 e. The number of carbonyl (C=O) groups is 1. The van der Waals surface area contributed by atoms with E-state index in [4.69, 9.17) is 14.3 Å². The smallest absolute Gasteiger partial charge is 0.414 e. The number of ether oxygens (including phenoxy) is 2. The lowest BCUT2D eigenvalue weighted by atomic mass is 10.1. The quantitative estimate of drug-likeness (QED) is 0.290. The molecule has 0 atom stereocenters. The molecule has 0 aromatic heterocycles. The van der Waals surface area contributed by atoms with Gasteiger partial charge < -0.3 is 14.3 Å². The molecular weight excluding hydrogens is 404 g/mol. The lowest BCUT2D eigenvalue weighted by Gasteiger charge is -2.23. The van der Waals surface area contributed by atoms with Crippen LogP contribution in [-0.2, 0) is 16.2 Å². The van der Waals surface area contributed by atoms with Crippen LogP contribution in [0.5, 0.6) is 11.5 Å². The second-order valence-electron chi connectivity index (χ2n) is 7.14. The zero-order chi connectivity index (χ0) is 22.8. The monoisotopic (exact) mass is 432 g/mol. The van der Waals surface area contributed by atoms with E-state index in [2.05, 4.69) is 5.16 Å². The first kappa shape index (κ1) is 22.9. The molecule has 3 aromatic rings. The SMILES string of the molecule is CCCN(C(=O)OC)c1ccccc1CO/N=C(\C)c1ccc(Oc2ccccc2)cc1. The van der Waals surface area contributed by atoms with Crippen LogP contribution in [-0.4, -0.2) is 25.5 Å². The third-order valence-corrected chi connectivity index (χ3v) is 4.80. The van der Waals surface area contributed by atoms with Gasteiger partial charge in [0.2, 0.25) is 0 Å². The molecule has 0 saturated heterocycles. The van der Waals surface area contributed by atoms with E-state index in [1.807, 2.05) is 92.7 Å². The Morgan fingerprint density at radius 1 is 0.906 bits per heavy atom. The molecule has 0 N–H and O–H groups in total. The first-order valence-corrected chi connectivity index (χ1v) is 10.6. The number of oxime groups is 1. The number of nitrogens with zero attached hydrogens (tertiary/aromatic N) is 2. The average molecular weight is 433 g/mol. The van der Waals surface area contributed by atoms with Crippen molar-refractivity contribution in [1.82, 2.24) is 0 Å². The summed E-state index contributed by atoms with van der Waals surface area (Å²) >= 11 is 0. The van der Waals surface area contributed by atoms with Crippen LogP contribution in [0.15, 0.2) is 84.0 Å². The predicted molar refractivity (Wildman–Crippen MR) is 126 cm³/mol. The Kier molecular flexibility index (Phi) is 8.26. The molecule has 0 unspecified atom stereocenters. The van der Waals surface area contributed by atoms with Crippen LogP contribution in [0.1, 0.15) is 31.4 Å². The number of rotatable bonds is 9. The first-order valence-electron chi connectivity index (χ1n) is 10.6. The van der Waals surface area contributed by atoms with Gasteiger partial charge in [0.15, 0.2) is 0 Å². The third-order valence-electron chi connectivity index (χ3n) is 4.80. The molecule has 0 aliphatic carbocycles. The first-order chi connectivity index (χ1) is 15.6. The highest BCUT2D eigenvalue weighted by Crippen LogP contribution is 2.23. The maximum absolute atomic E-state index is 12.2. The fourth-order valence-corrected chi connectivity index (χ4v) is 3.18. The lowest BCUT2D eigenvalue weighted by molar-refractivity contribution is 0.130. The molecule has 0 heterocycles. The summed E-state index contributed by atoms with van der Waals surface area (Å²) in [5.41, 5.74) is 3.29. The molecule has 0 aliphatic rings. The van der Waals surface area contributed by atoms with Gasteiger partial charge in [-0.1, -0.05) is 48.5 Å². The van der Waals surface area contributed by atoms with Crippen molar-refractivity contribution in [3.05, 3.63) is 90.0 Å². The van der Waals surface area contributed by atoms with Gasteiger partial charge in [0, 0.05) is 12.1 Å². The van der Waals surface area contributed by atoms with Crippen LogP contribution in [0.2, 0.25) is 0 Å². The lowest BCUT2D eigenvalue weighted by Crippen LogP contribution is -2.32. The Hall–Kier alpha value is -3.80. The molecule has 0 saturated carbocycles. The van der Waals surface area contributed by atoms with E-state index >= 15 is 0 Å². The van der Waals surface area contributed by atoms with E-state index in [0.717, 1.165) is 40.4 Å². The van der Waals surface area contributed by atoms with Gasteiger partial charge in [0.25, 0.3) is 0 Å². The summed E-state index contributed by atoms with van der Waals surface area (Å²) in [5, 5.41) is 4.26. The number of anilines is 1. The van der Waals surface area contributed by atoms with Crippen molar-refractivity contribution < 1.29 is 19.1 Å². The van der Waals surface area contributed by atoms with Crippen molar-refractivity contribution in [2.24, 2.45) is 5.16 Å². The summed E-state index contributed by atoms with van der Waals surface area (Å²) in [6.45, 7) is 4.69. The highest BCUT2D eigenvalue weighted by atomic mass is 16.6. The van der Waals surface area contributed by atoms with E-state index < -0.39 is 6.09 Å². The average Bonchev–Trinajstić information content (AvgIpc) is 2.83. The fourth-order valence-electron chi connectivity index (χ4n) is 3.18. The van der Waals surface area contributed by atoms with E-state index in [1.54, 1.807) is 4.90 Å². The second-order valence-corrected chi connectivity index (χ2v) is 7.14. The van der Waals surface area contributed by atoms with Crippen molar-refractivity contribution in [1.29, 1.82) is 0 Å². The zero-order valence-corrected chi connectivity index (χ0v) is 18.7. The Bertz CT molecular complexity index is 1030. The Morgan fingerprint density at radius 3 is 2.25 bits per heavy atom. The largest absolute Gasteiger partial charge is 0.457 e. The summed E-state index contributed by atoms with van der Waals surface area (Å²) in [6, 6.07) is 24.9. The molecule has 3 aromatic carbocycles. The maximum atomic E-state index is 12.2. The molecule has 166 valence electrons. The van der Waals surface area contributed by atoms with Crippen LogP contribution in [0, 0.1) is 0 Å². The summed E-state index contributed by atoms with van der Waals surface area (Å²) in [4.78, 5) is 19.4. The standard InChI is InChI=1S/C26H28N2O4/c1-4-18-28(26(29)30-3)25-13-9-8-10-22(25)19-31-27-20(2)21-14-16-24(17-15-21)32-23-11-6-5-7-12-23/h5-17H,4,18-19H2,1-3H3/b27-20+. The maximum Gasteiger partial charge on any atom is 0.414 e. The normalized spacial score (nSPS) is 11.0. The van der Waals surface area contributed by atoms with Gasteiger partial charge in [-0.3, -0.25) is 4.90 Å². The Morgan fingerprint density at radius 2 is 1.56 bits per heavy atom. The molecule has 0 spiro atoms. The van der Waals surface area contributed by atoms with E-state index in [0.29, 0.717) is 6.54 Å². The van der Waals surface area contributed by atoms with Crippen LogP contribution in [0.4, 0.5) is 10.5 Å². The topological polar surface area (TPSA) is 60.4 Å². The molecule has 32 heavy (non-hydrogen) atoms. The number of amides is 1. The van der Waals surface area contributed by atoms with Crippen LogP contribution in [0.3, 0.4) is 0 Å². The molecule has 6 heteroatoms. The molecule has 0 radical (unpaired) electrons. The number of hydrogen-bond donors (Lipinski definition) is 0. The number of hydrogen-bond acceptors (Lipinski definition) is 5. The minimum atomic E-state index is -0.392. The van der Waals surface area contributed by atoms with Crippen molar-refractivity contribution in [2.75, 3.05) is 18.6 Å². The van der Waals surface area contributed by atoms with Gasteiger partial charge in [-0.15, -0.1) is 0 Å². The van der Waals surface area contributed by atoms with Crippen LogP contribution in [0.25, 0.3) is 0 Å². The second kappa shape index (κ2) is 11.6. The molecule has 6 nitrogen and oxygen atoms in total. The van der Waals surface area contributed by atoms with Crippen molar-refractivity contribution >= 4 is 17.5 Å².